The third-order valence-electron chi connectivity index (χ3n) is 5.30. The Labute approximate surface area is 149 Å². The minimum atomic E-state index is 0.0177. The van der Waals surface area contributed by atoms with Crippen LogP contribution in [0.1, 0.15) is 44.9 Å². The molecule has 3 rings (SSSR count). The van der Waals surface area contributed by atoms with Crippen molar-refractivity contribution < 1.29 is 9.59 Å². The van der Waals surface area contributed by atoms with Crippen molar-refractivity contribution >= 4 is 11.8 Å². The van der Waals surface area contributed by atoms with E-state index in [4.69, 9.17) is 0 Å². The van der Waals surface area contributed by atoms with Gasteiger partial charge in [-0.2, -0.15) is 0 Å². The van der Waals surface area contributed by atoms with Gasteiger partial charge in [-0.15, -0.1) is 0 Å². The molecule has 2 aliphatic rings. The first-order valence-electron chi connectivity index (χ1n) is 9.25. The van der Waals surface area contributed by atoms with Crippen molar-refractivity contribution in [3.63, 3.8) is 0 Å². The third-order valence-corrected chi connectivity index (χ3v) is 5.30. The fourth-order valence-corrected chi connectivity index (χ4v) is 3.67. The Morgan fingerprint density at radius 2 is 2.08 bits per heavy atom. The lowest BCUT2D eigenvalue weighted by Crippen LogP contribution is -2.45. The summed E-state index contributed by atoms with van der Waals surface area (Å²) in [7, 11) is 1.83. The molecule has 1 aromatic rings. The van der Waals surface area contributed by atoms with Crippen LogP contribution in [-0.4, -0.2) is 63.8 Å². The van der Waals surface area contributed by atoms with Gasteiger partial charge in [0.05, 0.1) is 6.54 Å². The zero-order chi connectivity index (χ0) is 17.8. The van der Waals surface area contributed by atoms with E-state index in [0.717, 1.165) is 31.1 Å². The SMILES string of the molecule is CC(=O)NC[C@H]1CC[C@@H](CC(=O)N(C)Cc2ncc[nH]2)N1CC1CC1. The van der Waals surface area contributed by atoms with Crippen molar-refractivity contribution in [3.05, 3.63) is 18.2 Å². The van der Waals surface area contributed by atoms with Crippen LogP contribution in [0.3, 0.4) is 0 Å². The fourth-order valence-electron chi connectivity index (χ4n) is 3.67. The van der Waals surface area contributed by atoms with Crippen LogP contribution < -0.4 is 5.32 Å². The Balaban J connectivity index is 1.55. The Morgan fingerprint density at radius 3 is 2.72 bits per heavy atom. The second-order valence-corrected chi connectivity index (χ2v) is 7.45. The van der Waals surface area contributed by atoms with E-state index in [1.165, 1.54) is 12.8 Å². The predicted molar refractivity (Wildman–Crippen MR) is 94.6 cm³/mol. The molecule has 2 heterocycles. The van der Waals surface area contributed by atoms with E-state index in [-0.39, 0.29) is 17.9 Å². The van der Waals surface area contributed by atoms with Gasteiger partial charge in [-0.3, -0.25) is 14.5 Å². The zero-order valence-corrected chi connectivity index (χ0v) is 15.2. The Hall–Kier alpha value is -1.89. The number of hydrogen-bond donors (Lipinski definition) is 2. The summed E-state index contributed by atoms with van der Waals surface area (Å²) in [6.07, 6.45) is 8.68. The normalized spacial score (nSPS) is 23.6. The summed E-state index contributed by atoms with van der Waals surface area (Å²) in [5.74, 6) is 1.75. The number of imidazole rings is 1. The van der Waals surface area contributed by atoms with Gasteiger partial charge in [-0.05, 0) is 31.6 Å². The van der Waals surface area contributed by atoms with Crippen LogP contribution in [0.25, 0.3) is 0 Å². The lowest BCUT2D eigenvalue weighted by molar-refractivity contribution is -0.131. The zero-order valence-electron chi connectivity index (χ0n) is 15.2. The topological polar surface area (TPSA) is 81.3 Å². The number of aromatic nitrogens is 2. The van der Waals surface area contributed by atoms with Gasteiger partial charge in [-0.1, -0.05) is 0 Å². The highest BCUT2D eigenvalue weighted by molar-refractivity contribution is 5.76. The molecule has 0 unspecified atom stereocenters. The summed E-state index contributed by atoms with van der Waals surface area (Å²) in [5, 5.41) is 2.95. The largest absolute Gasteiger partial charge is 0.355 e. The van der Waals surface area contributed by atoms with E-state index in [1.54, 1.807) is 24.2 Å². The number of carbonyl (C=O) groups is 2. The minimum absolute atomic E-state index is 0.0177. The maximum absolute atomic E-state index is 12.6. The Morgan fingerprint density at radius 1 is 1.32 bits per heavy atom. The van der Waals surface area contributed by atoms with Crippen LogP contribution in [0, 0.1) is 5.92 Å². The maximum atomic E-state index is 12.6. The quantitative estimate of drug-likeness (QED) is 0.739. The summed E-state index contributed by atoms with van der Waals surface area (Å²) < 4.78 is 0. The Bertz CT molecular complexity index is 584. The van der Waals surface area contributed by atoms with Crippen LogP contribution in [0.15, 0.2) is 12.4 Å². The summed E-state index contributed by atoms with van der Waals surface area (Å²) in [4.78, 5) is 35.3. The molecule has 0 bridgehead atoms. The fraction of sp³-hybridized carbons (Fsp3) is 0.722. The molecule has 1 aliphatic carbocycles. The molecule has 1 aliphatic heterocycles. The number of amides is 2. The van der Waals surface area contributed by atoms with Crippen LogP contribution >= 0.6 is 0 Å². The van der Waals surface area contributed by atoms with Crippen molar-refractivity contribution in [1.82, 2.24) is 25.1 Å². The molecular formula is C18H29N5O2. The molecule has 7 heteroatoms. The van der Waals surface area contributed by atoms with Crippen molar-refractivity contribution in [2.45, 2.75) is 57.7 Å². The molecule has 0 radical (unpaired) electrons. The smallest absolute Gasteiger partial charge is 0.224 e. The van der Waals surface area contributed by atoms with Gasteiger partial charge in [0.15, 0.2) is 0 Å². The first kappa shape index (κ1) is 17.9. The number of hydrogen-bond acceptors (Lipinski definition) is 4. The van der Waals surface area contributed by atoms with Gasteiger partial charge in [0.25, 0.3) is 0 Å². The molecule has 25 heavy (non-hydrogen) atoms. The molecule has 0 aromatic carbocycles. The number of likely N-dealkylation sites (tertiary alicyclic amines) is 1. The standard InChI is InChI=1S/C18H29N5O2/c1-13(24)21-10-16-6-5-15(23(16)11-14-3-4-14)9-18(25)22(2)12-17-19-7-8-20-17/h7-8,14-16H,3-6,9-12H2,1-2H3,(H,19,20)(H,21,24)/t15-,16+/m0/s1. The van der Waals surface area contributed by atoms with E-state index in [0.29, 0.717) is 25.6 Å². The molecule has 2 N–H and O–H groups in total. The van der Waals surface area contributed by atoms with Crippen molar-refractivity contribution in [3.8, 4) is 0 Å². The number of nitrogens with zero attached hydrogens (tertiary/aromatic N) is 3. The molecular weight excluding hydrogens is 318 g/mol. The monoisotopic (exact) mass is 347 g/mol. The average Bonchev–Trinajstić information content (AvgIpc) is 3.10. The molecule has 1 aromatic heterocycles. The molecule has 2 atom stereocenters. The molecule has 1 saturated carbocycles. The lowest BCUT2D eigenvalue weighted by Gasteiger charge is -2.31. The number of rotatable bonds is 8. The van der Waals surface area contributed by atoms with Crippen LogP contribution in [0.2, 0.25) is 0 Å². The second kappa shape index (κ2) is 7.99. The molecule has 2 amide bonds. The van der Waals surface area contributed by atoms with Crippen LogP contribution in [0.5, 0.6) is 0 Å². The lowest BCUT2D eigenvalue weighted by atomic mass is 10.1. The van der Waals surface area contributed by atoms with E-state index in [9.17, 15) is 9.59 Å². The van der Waals surface area contributed by atoms with Crippen LogP contribution in [0.4, 0.5) is 0 Å². The van der Waals surface area contributed by atoms with Crippen LogP contribution in [-0.2, 0) is 16.1 Å². The van der Waals surface area contributed by atoms with E-state index in [2.05, 4.69) is 20.2 Å². The number of aromatic amines is 1. The highest BCUT2D eigenvalue weighted by atomic mass is 16.2. The van der Waals surface area contributed by atoms with Crippen molar-refractivity contribution in [2.24, 2.45) is 5.92 Å². The minimum Gasteiger partial charge on any atom is -0.355 e. The highest BCUT2D eigenvalue weighted by Gasteiger charge is 2.38. The van der Waals surface area contributed by atoms with Gasteiger partial charge >= 0.3 is 0 Å². The summed E-state index contributed by atoms with van der Waals surface area (Å²) >= 11 is 0. The van der Waals surface area contributed by atoms with Crippen molar-refractivity contribution in [1.29, 1.82) is 0 Å². The molecule has 7 nitrogen and oxygen atoms in total. The maximum Gasteiger partial charge on any atom is 0.224 e. The summed E-state index contributed by atoms with van der Waals surface area (Å²) in [5.41, 5.74) is 0. The first-order valence-corrected chi connectivity index (χ1v) is 9.25. The average molecular weight is 347 g/mol. The number of H-pyrrole nitrogens is 1. The highest BCUT2D eigenvalue weighted by Crippen LogP contribution is 2.35. The van der Waals surface area contributed by atoms with E-state index in [1.807, 2.05) is 7.05 Å². The molecule has 1 saturated heterocycles. The summed E-state index contributed by atoms with van der Waals surface area (Å²) in [6.45, 7) is 3.82. The van der Waals surface area contributed by atoms with Gasteiger partial charge < -0.3 is 15.2 Å². The van der Waals surface area contributed by atoms with Gasteiger partial charge in [0.1, 0.15) is 5.82 Å². The van der Waals surface area contributed by atoms with E-state index >= 15 is 0 Å². The Kier molecular flexibility index (Phi) is 5.73. The van der Waals surface area contributed by atoms with Gasteiger partial charge in [0, 0.05) is 58.0 Å². The molecule has 0 spiro atoms. The molecule has 138 valence electrons. The van der Waals surface area contributed by atoms with E-state index < -0.39 is 0 Å². The third kappa shape index (κ3) is 5.04. The molecule has 2 fully saturated rings. The van der Waals surface area contributed by atoms with Gasteiger partial charge in [0.2, 0.25) is 11.8 Å². The first-order chi connectivity index (χ1) is 12.0. The predicted octanol–water partition coefficient (Wildman–Crippen LogP) is 1.14. The van der Waals surface area contributed by atoms with Crippen molar-refractivity contribution in [2.75, 3.05) is 20.1 Å². The number of carbonyl (C=O) groups excluding carboxylic acids is 2. The summed E-state index contributed by atoms with van der Waals surface area (Å²) in [6, 6.07) is 0.642. The second-order valence-electron chi connectivity index (χ2n) is 7.45. The van der Waals surface area contributed by atoms with Gasteiger partial charge in [-0.25, -0.2) is 4.98 Å². The number of nitrogens with one attached hydrogen (secondary N) is 2.